The van der Waals surface area contributed by atoms with E-state index < -0.39 is 0 Å². The smallest absolute Gasteiger partial charge is 0.270 e. The number of benzene rings is 1. The zero-order valence-electron chi connectivity index (χ0n) is 16.2. The molecule has 150 valence electrons. The molecule has 1 amide bonds. The van der Waals surface area contributed by atoms with Gasteiger partial charge in [0.1, 0.15) is 5.82 Å². The Bertz CT molecular complexity index is 922. The van der Waals surface area contributed by atoms with Gasteiger partial charge >= 0.3 is 0 Å². The van der Waals surface area contributed by atoms with Gasteiger partial charge in [0.15, 0.2) is 11.5 Å². The van der Waals surface area contributed by atoms with Crippen LogP contribution in [0.15, 0.2) is 23.0 Å². The molecule has 2 aliphatic rings. The van der Waals surface area contributed by atoms with Gasteiger partial charge in [-0.1, -0.05) is 38.2 Å². The number of H-pyrrole nitrogens is 1. The lowest BCUT2D eigenvalue weighted by Crippen LogP contribution is -2.27. The Balaban J connectivity index is 1.74. The summed E-state index contributed by atoms with van der Waals surface area (Å²) < 4.78 is 6.99. The van der Waals surface area contributed by atoms with Gasteiger partial charge in [-0.15, -0.1) is 0 Å². The first kappa shape index (κ1) is 18.7. The van der Waals surface area contributed by atoms with Crippen molar-refractivity contribution in [2.24, 2.45) is 0 Å². The van der Waals surface area contributed by atoms with Crippen LogP contribution in [0.4, 0.5) is 5.82 Å². The first-order valence-electron chi connectivity index (χ1n) is 10.1. The zero-order chi connectivity index (χ0) is 19.7. The minimum atomic E-state index is -0.390. The van der Waals surface area contributed by atoms with Gasteiger partial charge in [-0.05, 0) is 30.5 Å². The van der Waals surface area contributed by atoms with Crippen LogP contribution in [-0.4, -0.2) is 27.9 Å². The molecule has 7 heteroatoms. The standard InChI is InChI=1S/C21H27N3O4/c1-28-17-10-9-13(11-16(17)25)15-12-18(26)22-20-19(15)21(27)23-24(20)14-7-5-3-2-4-6-8-14/h9-11,14-15,25H,2-8,12H2,1H3,(H,22,26)(H,23,27). The number of amides is 1. The molecule has 7 nitrogen and oxygen atoms in total. The summed E-state index contributed by atoms with van der Waals surface area (Å²) in [4.78, 5) is 25.3. The maximum atomic E-state index is 12.9. The van der Waals surface area contributed by atoms with Crippen LogP contribution in [0.1, 0.15) is 74.5 Å². The van der Waals surface area contributed by atoms with E-state index in [4.69, 9.17) is 4.74 Å². The Morgan fingerprint density at radius 3 is 2.50 bits per heavy atom. The molecule has 1 saturated carbocycles. The van der Waals surface area contributed by atoms with E-state index in [0.717, 1.165) is 31.2 Å². The average molecular weight is 385 g/mol. The van der Waals surface area contributed by atoms with Gasteiger partial charge in [-0.2, -0.15) is 0 Å². The number of anilines is 1. The molecule has 3 N–H and O–H groups in total. The molecule has 0 spiro atoms. The van der Waals surface area contributed by atoms with E-state index in [1.54, 1.807) is 18.2 Å². The van der Waals surface area contributed by atoms with Crippen LogP contribution in [0.5, 0.6) is 11.5 Å². The molecule has 1 aromatic heterocycles. The molecule has 4 rings (SSSR count). The van der Waals surface area contributed by atoms with Gasteiger partial charge in [-0.3, -0.25) is 19.4 Å². The number of rotatable bonds is 3. The second kappa shape index (κ2) is 7.73. The molecule has 1 fully saturated rings. The number of phenols is 1. The number of carbonyl (C=O) groups is 1. The normalized spacial score (nSPS) is 20.8. The van der Waals surface area contributed by atoms with Crippen molar-refractivity contribution in [1.29, 1.82) is 0 Å². The molecule has 2 heterocycles. The van der Waals surface area contributed by atoms with Crippen molar-refractivity contribution in [2.75, 3.05) is 12.4 Å². The minimum Gasteiger partial charge on any atom is -0.504 e. The van der Waals surface area contributed by atoms with Gasteiger partial charge in [0.2, 0.25) is 5.91 Å². The third-order valence-corrected chi connectivity index (χ3v) is 6.00. The van der Waals surface area contributed by atoms with Crippen LogP contribution in [-0.2, 0) is 4.79 Å². The summed E-state index contributed by atoms with van der Waals surface area (Å²) >= 11 is 0. The van der Waals surface area contributed by atoms with E-state index in [0.29, 0.717) is 17.1 Å². The number of aromatic hydroxyl groups is 1. The number of fused-ring (bicyclic) bond motifs is 1. The molecular formula is C21H27N3O4. The Morgan fingerprint density at radius 1 is 1.11 bits per heavy atom. The molecule has 28 heavy (non-hydrogen) atoms. The molecule has 1 atom stereocenters. The molecule has 0 radical (unpaired) electrons. The van der Waals surface area contributed by atoms with E-state index in [1.165, 1.54) is 26.4 Å². The predicted molar refractivity (Wildman–Crippen MR) is 106 cm³/mol. The lowest BCUT2D eigenvalue weighted by atomic mass is 9.87. The number of methoxy groups -OCH3 is 1. The van der Waals surface area contributed by atoms with E-state index in [2.05, 4.69) is 10.4 Å². The van der Waals surface area contributed by atoms with Crippen LogP contribution in [0.3, 0.4) is 0 Å². The van der Waals surface area contributed by atoms with Crippen molar-refractivity contribution in [1.82, 2.24) is 9.78 Å². The zero-order valence-corrected chi connectivity index (χ0v) is 16.2. The van der Waals surface area contributed by atoms with Gasteiger partial charge in [0, 0.05) is 12.3 Å². The number of aromatic amines is 1. The van der Waals surface area contributed by atoms with Crippen molar-refractivity contribution in [3.05, 3.63) is 39.7 Å². The van der Waals surface area contributed by atoms with E-state index in [1.807, 2.05) is 4.68 Å². The van der Waals surface area contributed by atoms with Crippen LogP contribution in [0, 0.1) is 0 Å². The largest absolute Gasteiger partial charge is 0.504 e. The van der Waals surface area contributed by atoms with Crippen molar-refractivity contribution in [3.63, 3.8) is 0 Å². The van der Waals surface area contributed by atoms with Crippen LogP contribution >= 0.6 is 0 Å². The van der Waals surface area contributed by atoms with Crippen LogP contribution in [0.25, 0.3) is 0 Å². The second-order valence-electron chi connectivity index (χ2n) is 7.81. The number of nitrogens with zero attached hydrogens (tertiary/aromatic N) is 1. The number of carbonyl (C=O) groups excluding carboxylic acids is 1. The van der Waals surface area contributed by atoms with Crippen LogP contribution in [0.2, 0.25) is 0 Å². The van der Waals surface area contributed by atoms with E-state index in [-0.39, 0.29) is 35.6 Å². The maximum Gasteiger partial charge on any atom is 0.270 e. The fourth-order valence-corrected chi connectivity index (χ4v) is 4.56. The minimum absolute atomic E-state index is 0.00316. The summed E-state index contributed by atoms with van der Waals surface area (Å²) in [5.41, 5.74) is 1.14. The van der Waals surface area contributed by atoms with E-state index in [9.17, 15) is 14.7 Å². The Labute approximate surface area is 163 Å². The van der Waals surface area contributed by atoms with Gasteiger partial charge < -0.3 is 15.2 Å². The number of phenolic OH excluding ortho intramolecular Hbond substituents is 1. The topological polar surface area (TPSA) is 96.4 Å². The van der Waals surface area contributed by atoms with Crippen molar-refractivity contribution >= 4 is 11.7 Å². The predicted octanol–water partition coefficient (Wildman–Crippen LogP) is 3.65. The Kier molecular flexibility index (Phi) is 5.15. The first-order chi connectivity index (χ1) is 13.6. The summed E-state index contributed by atoms with van der Waals surface area (Å²) in [6, 6.07) is 5.24. The number of hydrogen-bond donors (Lipinski definition) is 3. The number of nitrogens with one attached hydrogen (secondary N) is 2. The third kappa shape index (κ3) is 3.41. The summed E-state index contributed by atoms with van der Waals surface area (Å²) in [6.45, 7) is 0. The molecular weight excluding hydrogens is 358 g/mol. The highest BCUT2D eigenvalue weighted by molar-refractivity contribution is 5.94. The van der Waals surface area contributed by atoms with Gasteiger partial charge in [0.05, 0.1) is 18.7 Å². The summed E-state index contributed by atoms with van der Waals surface area (Å²) in [5, 5.41) is 16.1. The molecule has 1 unspecified atom stereocenters. The quantitative estimate of drug-likeness (QED) is 0.751. The third-order valence-electron chi connectivity index (χ3n) is 6.00. The fraction of sp³-hybridized carbons (Fsp3) is 0.524. The fourth-order valence-electron chi connectivity index (χ4n) is 4.56. The Hall–Kier alpha value is -2.70. The molecule has 2 aromatic rings. The van der Waals surface area contributed by atoms with Crippen molar-refractivity contribution in [3.8, 4) is 11.5 Å². The van der Waals surface area contributed by atoms with Gasteiger partial charge in [-0.25, -0.2) is 0 Å². The first-order valence-corrected chi connectivity index (χ1v) is 10.1. The monoisotopic (exact) mass is 385 g/mol. The second-order valence-corrected chi connectivity index (χ2v) is 7.81. The van der Waals surface area contributed by atoms with E-state index >= 15 is 0 Å². The highest BCUT2D eigenvalue weighted by Crippen LogP contribution is 2.40. The Morgan fingerprint density at radius 2 is 1.82 bits per heavy atom. The SMILES string of the molecule is COc1ccc(C2CC(=O)Nc3c2c(=O)[nH]n3C2CCCCCCC2)cc1O. The molecule has 1 aromatic carbocycles. The molecule has 1 aliphatic heterocycles. The molecule has 0 saturated heterocycles. The summed E-state index contributed by atoms with van der Waals surface area (Å²) in [5.74, 6) is 0.450. The molecule has 1 aliphatic carbocycles. The molecule has 0 bridgehead atoms. The average Bonchev–Trinajstić information content (AvgIpc) is 2.97. The van der Waals surface area contributed by atoms with Crippen molar-refractivity contribution in [2.45, 2.75) is 63.3 Å². The summed E-state index contributed by atoms with van der Waals surface area (Å²) in [6.07, 6.45) is 8.13. The summed E-state index contributed by atoms with van der Waals surface area (Å²) in [7, 11) is 1.49. The highest BCUT2D eigenvalue weighted by Gasteiger charge is 2.34. The number of hydrogen-bond acceptors (Lipinski definition) is 4. The van der Waals surface area contributed by atoms with Gasteiger partial charge in [0.25, 0.3) is 5.56 Å². The van der Waals surface area contributed by atoms with Crippen LogP contribution < -0.4 is 15.6 Å². The lowest BCUT2D eigenvalue weighted by molar-refractivity contribution is -0.116. The number of aromatic nitrogens is 2. The lowest BCUT2D eigenvalue weighted by Gasteiger charge is -2.27. The number of ether oxygens (including phenoxy) is 1. The highest BCUT2D eigenvalue weighted by atomic mass is 16.5. The van der Waals surface area contributed by atoms with Crippen molar-refractivity contribution < 1.29 is 14.6 Å². The maximum absolute atomic E-state index is 12.9.